The first kappa shape index (κ1) is 16.5. The number of aliphatic hydroxyl groups excluding tert-OH is 1. The molecule has 1 aliphatic carbocycles. The number of aliphatic hydroxyl groups is 1. The van der Waals surface area contributed by atoms with Crippen molar-refractivity contribution < 1.29 is 14.7 Å². The zero-order valence-corrected chi connectivity index (χ0v) is 13.3. The Morgan fingerprint density at radius 2 is 1.95 bits per heavy atom. The molecule has 120 valence electrons. The lowest BCUT2D eigenvalue weighted by molar-refractivity contribution is -0.119. The van der Waals surface area contributed by atoms with E-state index in [9.17, 15) is 14.7 Å². The van der Waals surface area contributed by atoms with Gasteiger partial charge in [-0.15, -0.1) is 0 Å². The van der Waals surface area contributed by atoms with Crippen molar-refractivity contribution in [2.24, 2.45) is 11.8 Å². The second-order valence-electron chi connectivity index (χ2n) is 6.36. The summed E-state index contributed by atoms with van der Waals surface area (Å²) in [6.07, 6.45) is 1.32. The zero-order valence-electron chi connectivity index (χ0n) is 13.3. The van der Waals surface area contributed by atoms with Gasteiger partial charge < -0.3 is 15.7 Å². The van der Waals surface area contributed by atoms with E-state index < -0.39 is 6.10 Å². The fourth-order valence-electron chi connectivity index (χ4n) is 2.05. The predicted octanol–water partition coefficient (Wildman–Crippen LogP) is 2.69. The lowest BCUT2D eigenvalue weighted by Crippen LogP contribution is -2.24. The van der Waals surface area contributed by atoms with Crippen molar-refractivity contribution in [1.29, 1.82) is 0 Å². The summed E-state index contributed by atoms with van der Waals surface area (Å²) in [5, 5.41) is 15.4. The molecular formula is C17H24N2O3. The highest BCUT2D eigenvalue weighted by atomic mass is 16.3. The van der Waals surface area contributed by atoms with Gasteiger partial charge in [-0.05, 0) is 43.4 Å². The Balaban J connectivity index is 2.00. The van der Waals surface area contributed by atoms with Crippen molar-refractivity contribution in [3.05, 3.63) is 23.8 Å². The van der Waals surface area contributed by atoms with Crippen LogP contribution in [0.4, 0.5) is 11.4 Å². The van der Waals surface area contributed by atoms with Crippen LogP contribution in [0.15, 0.2) is 18.2 Å². The summed E-state index contributed by atoms with van der Waals surface area (Å²) >= 11 is 0. The van der Waals surface area contributed by atoms with Crippen LogP contribution in [0.3, 0.4) is 0 Å². The summed E-state index contributed by atoms with van der Waals surface area (Å²) in [4.78, 5) is 23.8. The Hall–Kier alpha value is -1.88. The average molecular weight is 304 g/mol. The lowest BCUT2D eigenvalue weighted by Gasteiger charge is -2.15. The second-order valence-corrected chi connectivity index (χ2v) is 6.36. The molecule has 0 heterocycles. The minimum absolute atomic E-state index is 0.0380. The molecule has 2 amide bonds. The molecule has 5 nitrogen and oxygen atoms in total. The van der Waals surface area contributed by atoms with E-state index >= 15 is 0 Å². The Kier molecular flexibility index (Phi) is 5.19. The number of anilines is 2. The third-order valence-electron chi connectivity index (χ3n) is 3.89. The summed E-state index contributed by atoms with van der Waals surface area (Å²) in [5.74, 6) is -0.0112. The van der Waals surface area contributed by atoms with Crippen molar-refractivity contribution in [2.45, 2.75) is 46.1 Å². The van der Waals surface area contributed by atoms with Crippen LogP contribution in [-0.4, -0.2) is 23.0 Å². The summed E-state index contributed by atoms with van der Waals surface area (Å²) < 4.78 is 0. The topological polar surface area (TPSA) is 78.4 Å². The first-order chi connectivity index (χ1) is 10.4. The van der Waals surface area contributed by atoms with Gasteiger partial charge >= 0.3 is 0 Å². The average Bonchev–Trinajstić information content (AvgIpc) is 3.26. The van der Waals surface area contributed by atoms with Gasteiger partial charge in [0.25, 0.3) is 0 Å². The molecule has 1 aromatic rings. The first-order valence-electron chi connectivity index (χ1n) is 7.76. The fraction of sp³-hybridized carbons (Fsp3) is 0.529. The van der Waals surface area contributed by atoms with Crippen LogP contribution >= 0.6 is 0 Å². The Morgan fingerprint density at radius 3 is 2.55 bits per heavy atom. The number of hydrogen-bond acceptors (Lipinski definition) is 3. The van der Waals surface area contributed by atoms with Crippen molar-refractivity contribution in [3.8, 4) is 0 Å². The van der Waals surface area contributed by atoms with E-state index in [1.54, 1.807) is 6.07 Å². The Labute approximate surface area is 131 Å². The molecule has 3 N–H and O–H groups in total. The number of carbonyl (C=O) groups excluding carboxylic acids is 2. The van der Waals surface area contributed by atoms with Gasteiger partial charge in [-0.2, -0.15) is 0 Å². The third kappa shape index (κ3) is 4.56. The molecule has 0 aromatic heterocycles. The van der Waals surface area contributed by atoms with Gasteiger partial charge in [-0.3, -0.25) is 9.59 Å². The molecule has 1 unspecified atom stereocenters. The van der Waals surface area contributed by atoms with Crippen LogP contribution in [0.1, 0.15) is 38.7 Å². The molecule has 2 rings (SSSR count). The van der Waals surface area contributed by atoms with Crippen LogP contribution in [0, 0.1) is 18.8 Å². The van der Waals surface area contributed by atoms with Gasteiger partial charge in [0, 0.05) is 17.3 Å². The molecule has 1 aromatic carbocycles. The first-order valence-corrected chi connectivity index (χ1v) is 7.76. The highest BCUT2D eigenvalue weighted by Crippen LogP contribution is 2.30. The largest absolute Gasteiger partial charge is 0.392 e. The third-order valence-corrected chi connectivity index (χ3v) is 3.89. The number of hydrogen-bond donors (Lipinski definition) is 3. The van der Waals surface area contributed by atoms with Gasteiger partial charge in [0.15, 0.2) is 0 Å². The lowest BCUT2D eigenvalue weighted by atomic mass is 10.0. The van der Waals surface area contributed by atoms with Crippen LogP contribution < -0.4 is 10.6 Å². The van der Waals surface area contributed by atoms with E-state index in [0.717, 1.165) is 18.4 Å². The van der Waals surface area contributed by atoms with Gasteiger partial charge in [-0.1, -0.05) is 19.9 Å². The summed E-state index contributed by atoms with van der Waals surface area (Å²) in [6, 6.07) is 5.44. The normalized spacial score (nSPS) is 15.5. The monoisotopic (exact) mass is 304 g/mol. The maximum atomic E-state index is 12.0. The SMILES string of the molecule is Cc1ccc(NC(=O)C2CC2)cc1NC(=O)CC(O)C(C)C. The maximum absolute atomic E-state index is 12.0. The maximum Gasteiger partial charge on any atom is 0.227 e. The Bertz CT molecular complexity index is 565. The van der Waals surface area contributed by atoms with Gasteiger partial charge in [0.1, 0.15) is 0 Å². The molecule has 1 aliphatic rings. The number of amides is 2. The van der Waals surface area contributed by atoms with Gasteiger partial charge in [0.2, 0.25) is 11.8 Å². The van der Waals surface area contributed by atoms with E-state index in [4.69, 9.17) is 0 Å². The highest BCUT2D eigenvalue weighted by molar-refractivity contribution is 5.96. The number of benzene rings is 1. The molecule has 0 aliphatic heterocycles. The van der Waals surface area contributed by atoms with Crippen LogP contribution in [0.25, 0.3) is 0 Å². The molecule has 0 bridgehead atoms. The van der Waals surface area contributed by atoms with Crippen LogP contribution in [-0.2, 0) is 9.59 Å². The fourth-order valence-corrected chi connectivity index (χ4v) is 2.05. The van der Waals surface area contributed by atoms with Crippen LogP contribution in [0.2, 0.25) is 0 Å². The molecular weight excluding hydrogens is 280 g/mol. The molecule has 1 saturated carbocycles. The smallest absolute Gasteiger partial charge is 0.227 e. The van der Waals surface area contributed by atoms with E-state index in [2.05, 4.69) is 10.6 Å². The van der Waals surface area contributed by atoms with E-state index in [1.807, 2.05) is 32.9 Å². The molecule has 1 fully saturated rings. The standard InChI is InChI=1S/C17H24N2O3/c1-10(2)15(20)9-16(21)19-14-8-13(7-4-11(14)3)18-17(22)12-5-6-12/h4,7-8,10,12,15,20H,5-6,9H2,1-3H3,(H,18,22)(H,19,21). The quantitative estimate of drug-likeness (QED) is 0.756. The summed E-state index contributed by atoms with van der Waals surface area (Å²) in [5.41, 5.74) is 2.26. The molecule has 0 spiro atoms. The second kappa shape index (κ2) is 6.92. The van der Waals surface area contributed by atoms with E-state index in [0.29, 0.717) is 11.4 Å². The summed E-state index contributed by atoms with van der Waals surface area (Å²) in [7, 11) is 0. The number of aryl methyl sites for hydroxylation is 1. The minimum atomic E-state index is -0.655. The Morgan fingerprint density at radius 1 is 1.27 bits per heavy atom. The van der Waals surface area contributed by atoms with Crippen LogP contribution in [0.5, 0.6) is 0 Å². The molecule has 5 heteroatoms. The molecule has 1 atom stereocenters. The van der Waals surface area contributed by atoms with Crippen molar-refractivity contribution in [1.82, 2.24) is 0 Å². The van der Waals surface area contributed by atoms with Gasteiger partial charge in [0.05, 0.1) is 12.5 Å². The number of rotatable bonds is 6. The summed E-state index contributed by atoms with van der Waals surface area (Å²) in [6.45, 7) is 5.63. The highest BCUT2D eigenvalue weighted by Gasteiger charge is 2.29. The van der Waals surface area contributed by atoms with Crippen molar-refractivity contribution in [3.63, 3.8) is 0 Å². The molecule has 0 saturated heterocycles. The van der Waals surface area contributed by atoms with Crippen molar-refractivity contribution >= 4 is 23.2 Å². The minimum Gasteiger partial charge on any atom is -0.392 e. The van der Waals surface area contributed by atoms with Gasteiger partial charge in [-0.25, -0.2) is 0 Å². The van der Waals surface area contributed by atoms with Crippen molar-refractivity contribution in [2.75, 3.05) is 10.6 Å². The van der Waals surface area contributed by atoms with E-state index in [1.165, 1.54) is 0 Å². The van der Waals surface area contributed by atoms with E-state index in [-0.39, 0.29) is 30.1 Å². The molecule has 22 heavy (non-hydrogen) atoms. The number of carbonyl (C=O) groups is 2. The number of nitrogens with one attached hydrogen (secondary N) is 2. The zero-order chi connectivity index (χ0) is 16.3. The predicted molar refractivity (Wildman–Crippen MR) is 86.6 cm³/mol. The molecule has 0 radical (unpaired) electrons.